The van der Waals surface area contributed by atoms with Crippen molar-refractivity contribution in [2.45, 2.75) is 13.0 Å². The summed E-state index contributed by atoms with van der Waals surface area (Å²) in [6.07, 6.45) is 6.70. The number of hydrogen-bond acceptors (Lipinski definition) is 7. The van der Waals surface area contributed by atoms with Gasteiger partial charge in [-0.2, -0.15) is 0 Å². The average molecular weight is 511 g/mol. The lowest BCUT2D eigenvalue weighted by Crippen LogP contribution is -2.28. The van der Waals surface area contributed by atoms with Gasteiger partial charge in [-0.05, 0) is 37.3 Å². The van der Waals surface area contributed by atoms with Crippen molar-refractivity contribution in [1.82, 2.24) is 34.9 Å². The number of aromatic nitrogens is 6. The predicted octanol–water partition coefficient (Wildman–Crippen LogP) is 4.21. The fourth-order valence-electron chi connectivity index (χ4n) is 4.34. The van der Waals surface area contributed by atoms with Crippen LogP contribution in [-0.2, 0) is 0 Å². The first-order valence-corrected chi connectivity index (χ1v) is 12.3. The number of anilines is 1. The summed E-state index contributed by atoms with van der Waals surface area (Å²) in [7, 11) is 0. The Morgan fingerprint density at radius 3 is 2.59 bits per heavy atom. The first kappa shape index (κ1) is 23.8. The van der Waals surface area contributed by atoms with Crippen molar-refractivity contribution in [3.8, 4) is 23.1 Å². The highest BCUT2D eigenvalue weighted by Gasteiger charge is 2.24. The molecule has 0 radical (unpaired) electrons. The van der Waals surface area contributed by atoms with Crippen LogP contribution in [-0.4, -0.2) is 35.5 Å². The topological polar surface area (TPSA) is 124 Å². The van der Waals surface area contributed by atoms with Crippen molar-refractivity contribution in [2.75, 3.05) is 5.73 Å². The second-order valence-electron chi connectivity index (χ2n) is 8.83. The third-order valence-electron chi connectivity index (χ3n) is 6.20. The van der Waals surface area contributed by atoms with Crippen LogP contribution in [0.15, 0.2) is 91.5 Å². The molecular formula is C30H22N8O. The summed E-state index contributed by atoms with van der Waals surface area (Å²) in [5, 5.41) is 7.22. The Labute approximate surface area is 223 Å². The minimum absolute atomic E-state index is 0.101. The summed E-state index contributed by atoms with van der Waals surface area (Å²) in [5.41, 5.74) is 11.8. The molecule has 0 fully saturated rings. The molecule has 0 aliphatic rings. The van der Waals surface area contributed by atoms with Gasteiger partial charge < -0.3 is 11.1 Å². The summed E-state index contributed by atoms with van der Waals surface area (Å²) < 4.78 is 1.48. The number of carbonyl (C=O) groups excluding carboxylic acids is 1. The number of para-hydroxylation sites is 1. The number of amides is 1. The number of pyridine rings is 1. The van der Waals surface area contributed by atoms with Crippen LogP contribution < -0.4 is 11.1 Å². The molecule has 1 atom stereocenters. The quantitative estimate of drug-likeness (QED) is 0.341. The lowest BCUT2D eigenvalue weighted by Gasteiger charge is -2.18. The molecule has 6 aromatic rings. The van der Waals surface area contributed by atoms with E-state index >= 15 is 0 Å². The molecule has 1 unspecified atom stereocenters. The molecule has 0 bridgehead atoms. The van der Waals surface area contributed by atoms with E-state index in [1.807, 2.05) is 67.6 Å². The molecule has 0 saturated carbocycles. The Kier molecular flexibility index (Phi) is 6.11. The largest absolute Gasteiger partial charge is 0.381 e. The van der Waals surface area contributed by atoms with E-state index in [4.69, 9.17) is 15.7 Å². The van der Waals surface area contributed by atoms with Crippen molar-refractivity contribution in [1.29, 1.82) is 0 Å². The average Bonchev–Trinajstić information content (AvgIpc) is 3.32. The van der Waals surface area contributed by atoms with E-state index < -0.39 is 11.9 Å². The van der Waals surface area contributed by atoms with Crippen LogP contribution >= 0.6 is 0 Å². The lowest BCUT2D eigenvalue weighted by atomic mass is 10.0. The molecule has 9 nitrogen and oxygen atoms in total. The zero-order valence-corrected chi connectivity index (χ0v) is 20.9. The zero-order valence-electron chi connectivity index (χ0n) is 20.9. The molecule has 0 aliphatic carbocycles. The fraction of sp³-hybridized carbons (Fsp3) is 0.0667. The molecular weight excluding hydrogens is 488 g/mol. The van der Waals surface area contributed by atoms with Gasteiger partial charge in [0.15, 0.2) is 11.5 Å². The third kappa shape index (κ3) is 4.63. The van der Waals surface area contributed by atoms with Crippen LogP contribution in [0.5, 0.6) is 0 Å². The number of nitrogen functional groups attached to an aromatic ring is 1. The smallest absolute Gasteiger partial charge is 0.259 e. The summed E-state index contributed by atoms with van der Waals surface area (Å²) in [4.78, 5) is 31.7. The zero-order chi connectivity index (χ0) is 26.8. The van der Waals surface area contributed by atoms with Crippen molar-refractivity contribution < 1.29 is 4.79 Å². The Bertz CT molecular complexity index is 1890. The van der Waals surface area contributed by atoms with Crippen LogP contribution in [0.1, 0.15) is 40.1 Å². The molecule has 4 aromatic heterocycles. The summed E-state index contributed by atoms with van der Waals surface area (Å²) in [6.45, 7) is 1.86. The predicted molar refractivity (Wildman–Crippen MR) is 148 cm³/mol. The number of fused-ring (bicyclic) bond motifs is 2. The summed E-state index contributed by atoms with van der Waals surface area (Å²) in [5.74, 6) is 6.10. The molecule has 0 spiro atoms. The molecule has 0 aliphatic heterocycles. The summed E-state index contributed by atoms with van der Waals surface area (Å²) >= 11 is 0. The molecule has 2 aromatic carbocycles. The molecule has 3 N–H and O–H groups in total. The van der Waals surface area contributed by atoms with Crippen molar-refractivity contribution >= 4 is 28.4 Å². The van der Waals surface area contributed by atoms with Crippen LogP contribution in [0.4, 0.5) is 5.82 Å². The van der Waals surface area contributed by atoms with E-state index in [0.717, 1.165) is 16.7 Å². The van der Waals surface area contributed by atoms with Crippen molar-refractivity contribution in [3.05, 3.63) is 114 Å². The van der Waals surface area contributed by atoms with Gasteiger partial charge in [-0.1, -0.05) is 48.2 Å². The SMILES string of the molecule is CC(NC(=O)c1c(N)nn2cccnc12)c1nc2cccc(C#Cc3ccncc3)c2nc1-c1ccccc1. The standard InChI is InChI=1S/C30H22N8O/c1-19(34-30(39)24-28(31)37-38-18-6-15-33-29(24)38)25-27(21-7-3-2-4-8-21)36-26-22(9-5-10-23(26)35-25)12-11-20-13-16-32-17-14-20/h2-10,13-19H,1H3,(H2,31,37)(H,34,39). The monoisotopic (exact) mass is 510 g/mol. The van der Waals surface area contributed by atoms with Gasteiger partial charge in [0.05, 0.1) is 28.5 Å². The number of carbonyl (C=O) groups is 1. The fourth-order valence-corrected chi connectivity index (χ4v) is 4.34. The van der Waals surface area contributed by atoms with E-state index in [1.165, 1.54) is 4.52 Å². The number of nitrogens with two attached hydrogens (primary N) is 1. The Morgan fingerprint density at radius 2 is 1.77 bits per heavy atom. The van der Waals surface area contributed by atoms with E-state index in [1.54, 1.807) is 30.9 Å². The van der Waals surface area contributed by atoms with Crippen LogP contribution in [0.2, 0.25) is 0 Å². The van der Waals surface area contributed by atoms with Gasteiger partial charge in [0.1, 0.15) is 11.1 Å². The number of nitrogens with zero attached hydrogens (tertiary/aromatic N) is 6. The van der Waals surface area contributed by atoms with Crippen molar-refractivity contribution in [2.24, 2.45) is 0 Å². The number of rotatable bonds is 4. The Hall–Kier alpha value is -5.62. The highest BCUT2D eigenvalue weighted by Crippen LogP contribution is 2.29. The van der Waals surface area contributed by atoms with E-state index in [0.29, 0.717) is 28.1 Å². The van der Waals surface area contributed by atoms with Crippen LogP contribution in [0.3, 0.4) is 0 Å². The third-order valence-corrected chi connectivity index (χ3v) is 6.20. The maximum absolute atomic E-state index is 13.4. The molecule has 1 amide bonds. The maximum Gasteiger partial charge on any atom is 0.259 e. The van der Waals surface area contributed by atoms with E-state index in [2.05, 4.69) is 32.2 Å². The second-order valence-corrected chi connectivity index (χ2v) is 8.83. The summed E-state index contributed by atoms with van der Waals surface area (Å²) in [6, 6.07) is 20.4. The molecule has 4 heterocycles. The van der Waals surface area contributed by atoms with Crippen molar-refractivity contribution in [3.63, 3.8) is 0 Å². The van der Waals surface area contributed by atoms with E-state index in [-0.39, 0.29) is 11.4 Å². The van der Waals surface area contributed by atoms with Gasteiger partial charge in [-0.25, -0.2) is 19.5 Å². The minimum Gasteiger partial charge on any atom is -0.381 e. The van der Waals surface area contributed by atoms with Gasteiger partial charge in [-0.3, -0.25) is 9.78 Å². The highest BCUT2D eigenvalue weighted by atomic mass is 16.1. The van der Waals surface area contributed by atoms with Crippen LogP contribution in [0.25, 0.3) is 27.9 Å². The normalized spacial score (nSPS) is 11.6. The van der Waals surface area contributed by atoms with Gasteiger partial charge in [0, 0.05) is 35.9 Å². The van der Waals surface area contributed by atoms with Gasteiger partial charge in [0.2, 0.25) is 0 Å². The number of nitrogens with one attached hydrogen (secondary N) is 1. The van der Waals surface area contributed by atoms with Gasteiger partial charge in [-0.15, -0.1) is 5.10 Å². The lowest BCUT2D eigenvalue weighted by molar-refractivity contribution is 0.0941. The Morgan fingerprint density at radius 1 is 0.949 bits per heavy atom. The molecule has 0 saturated heterocycles. The second kappa shape index (κ2) is 10.0. The number of hydrogen-bond donors (Lipinski definition) is 2. The first-order chi connectivity index (χ1) is 19.1. The van der Waals surface area contributed by atoms with E-state index in [9.17, 15) is 4.79 Å². The van der Waals surface area contributed by atoms with Crippen LogP contribution in [0, 0.1) is 11.8 Å². The number of benzene rings is 2. The Balaban J connectivity index is 1.43. The minimum atomic E-state index is -0.505. The molecule has 188 valence electrons. The first-order valence-electron chi connectivity index (χ1n) is 12.3. The van der Waals surface area contributed by atoms with Gasteiger partial charge in [0.25, 0.3) is 5.91 Å². The highest BCUT2D eigenvalue weighted by molar-refractivity contribution is 6.04. The molecule has 6 rings (SSSR count). The van der Waals surface area contributed by atoms with Gasteiger partial charge >= 0.3 is 0 Å². The molecule has 9 heteroatoms. The maximum atomic E-state index is 13.4. The molecule has 39 heavy (non-hydrogen) atoms.